The van der Waals surface area contributed by atoms with Crippen LogP contribution in [0.5, 0.6) is 0 Å². The Balaban J connectivity index is 3.20. The summed E-state index contributed by atoms with van der Waals surface area (Å²) in [6.07, 6.45) is 0.498. The first-order chi connectivity index (χ1) is 4.31. The van der Waals surface area contributed by atoms with E-state index in [4.69, 9.17) is 10.5 Å². The monoisotopic (exact) mass is 144 g/mol. The van der Waals surface area contributed by atoms with Crippen molar-refractivity contribution >= 4 is 16.8 Å². The number of oxime groups is 1. The lowest BCUT2D eigenvalue weighted by Gasteiger charge is -1.90. The minimum atomic E-state index is 0.498. The lowest BCUT2D eigenvalue weighted by Crippen LogP contribution is -1.85. The number of thioether (sulfide) groups is 1. The second-order valence-corrected chi connectivity index (χ2v) is 2.66. The van der Waals surface area contributed by atoms with Crippen molar-refractivity contribution < 1.29 is 5.21 Å². The van der Waals surface area contributed by atoms with Crippen molar-refractivity contribution in [3.05, 3.63) is 0 Å². The molecule has 0 aliphatic heterocycles. The summed E-state index contributed by atoms with van der Waals surface area (Å²) >= 11 is 1.38. The molecule has 9 heavy (non-hydrogen) atoms. The van der Waals surface area contributed by atoms with Gasteiger partial charge >= 0.3 is 0 Å². The molecular formula is C5H8N2OS. The number of rotatable bonds is 2. The van der Waals surface area contributed by atoms with Gasteiger partial charge in [-0.15, -0.1) is 11.8 Å². The lowest BCUT2D eigenvalue weighted by molar-refractivity contribution is 0.320. The van der Waals surface area contributed by atoms with E-state index in [1.807, 2.05) is 6.07 Å². The summed E-state index contributed by atoms with van der Waals surface area (Å²) in [5.41, 5.74) is 0. The van der Waals surface area contributed by atoms with Crippen molar-refractivity contribution in [1.82, 2.24) is 0 Å². The smallest absolute Gasteiger partial charge is 0.109 e. The highest BCUT2D eigenvalue weighted by atomic mass is 32.2. The van der Waals surface area contributed by atoms with Crippen molar-refractivity contribution in [2.75, 3.05) is 5.75 Å². The lowest BCUT2D eigenvalue weighted by atomic mass is 10.6. The van der Waals surface area contributed by atoms with Gasteiger partial charge in [0.05, 0.1) is 6.07 Å². The van der Waals surface area contributed by atoms with Gasteiger partial charge in [-0.25, -0.2) is 0 Å². The van der Waals surface area contributed by atoms with Crippen LogP contribution in [0.1, 0.15) is 13.3 Å². The average molecular weight is 144 g/mol. The van der Waals surface area contributed by atoms with Crippen LogP contribution in [0.15, 0.2) is 5.16 Å². The zero-order valence-electron chi connectivity index (χ0n) is 5.16. The van der Waals surface area contributed by atoms with Gasteiger partial charge in [-0.1, -0.05) is 5.16 Å². The molecular weight excluding hydrogens is 136 g/mol. The number of nitriles is 1. The van der Waals surface area contributed by atoms with Crippen molar-refractivity contribution in [3.63, 3.8) is 0 Å². The molecule has 0 rings (SSSR count). The third kappa shape index (κ3) is 5.18. The maximum absolute atomic E-state index is 8.12. The molecule has 0 heterocycles. The molecule has 0 saturated heterocycles. The molecule has 50 valence electrons. The summed E-state index contributed by atoms with van der Waals surface area (Å²) in [5, 5.41) is 19.7. The zero-order chi connectivity index (χ0) is 7.11. The topological polar surface area (TPSA) is 56.4 Å². The minimum absolute atomic E-state index is 0.498. The number of nitrogens with zero attached hydrogens (tertiary/aromatic N) is 2. The van der Waals surface area contributed by atoms with E-state index >= 15 is 0 Å². The molecule has 0 atom stereocenters. The minimum Gasteiger partial charge on any atom is -0.410 e. The highest BCUT2D eigenvalue weighted by Crippen LogP contribution is 2.03. The quantitative estimate of drug-likeness (QED) is 0.210. The molecule has 0 aromatic rings. The van der Waals surface area contributed by atoms with Crippen LogP contribution in [0.2, 0.25) is 0 Å². The van der Waals surface area contributed by atoms with Gasteiger partial charge < -0.3 is 5.21 Å². The molecule has 0 spiro atoms. The molecule has 0 radical (unpaired) electrons. The normalized spacial score (nSPS) is 10.9. The van der Waals surface area contributed by atoms with Gasteiger partial charge in [0.1, 0.15) is 5.04 Å². The van der Waals surface area contributed by atoms with Crippen molar-refractivity contribution in [2.45, 2.75) is 13.3 Å². The maximum atomic E-state index is 8.12. The van der Waals surface area contributed by atoms with E-state index in [0.29, 0.717) is 17.2 Å². The second kappa shape index (κ2) is 5.45. The Bertz CT molecular complexity index is 138. The predicted octanol–water partition coefficient (Wildman–Crippen LogP) is 1.44. The van der Waals surface area contributed by atoms with Crippen molar-refractivity contribution in [3.8, 4) is 6.07 Å². The van der Waals surface area contributed by atoms with Crippen LogP contribution < -0.4 is 0 Å². The van der Waals surface area contributed by atoms with E-state index in [2.05, 4.69) is 5.16 Å². The second-order valence-electron chi connectivity index (χ2n) is 1.38. The van der Waals surface area contributed by atoms with Crippen LogP contribution in [0.4, 0.5) is 0 Å². The summed E-state index contributed by atoms with van der Waals surface area (Å²) in [6, 6.07) is 1.99. The van der Waals surface area contributed by atoms with Gasteiger partial charge in [0.25, 0.3) is 0 Å². The van der Waals surface area contributed by atoms with Crippen LogP contribution in [0.3, 0.4) is 0 Å². The van der Waals surface area contributed by atoms with Gasteiger partial charge in [0.2, 0.25) is 0 Å². The molecule has 0 bridgehead atoms. The fourth-order valence-corrected chi connectivity index (χ4v) is 0.820. The highest BCUT2D eigenvalue weighted by Gasteiger charge is 1.90. The summed E-state index contributed by atoms with van der Waals surface area (Å²) < 4.78 is 0. The van der Waals surface area contributed by atoms with E-state index < -0.39 is 0 Å². The van der Waals surface area contributed by atoms with Gasteiger partial charge in [-0.05, 0) is 6.92 Å². The van der Waals surface area contributed by atoms with Gasteiger partial charge in [0.15, 0.2) is 0 Å². The molecule has 0 aromatic carbocycles. The summed E-state index contributed by atoms with van der Waals surface area (Å²) in [4.78, 5) is 0. The van der Waals surface area contributed by atoms with Gasteiger partial charge in [-0.2, -0.15) is 5.26 Å². The molecule has 0 fully saturated rings. The van der Waals surface area contributed by atoms with Crippen LogP contribution in [0.25, 0.3) is 0 Å². The fourth-order valence-electron chi connectivity index (χ4n) is 0.273. The predicted molar refractivity (Wildman–Crippen MR) is 37.6 cm³/mol. The highest BCUT2D eigenvalue weighted by molar-refractivity contribution is 8.13. The molecule has 4 heteroatoms. The first kappa shape index (κ1) is 8.31. The zero-order valence-corrected chi connectivity index (χ0v) is 5.98. The first-order valence-corrected chi connectivity index (χ1v) is 3.48. The standard InChI is InChI=1S/C5H8N2OS/c1-5(7-8)9-4-2-3-6/h8H,2,4H2,1H3/b7-5-. The first-order valence-electron chi connectivity index (χ1n) is 2.49. The maximum Gasteiger partial charge on any atom is 0.109 e. The molecule has 3 nitrogen and oxygen atoms in total. The van der Waals surface area contributed by atoms with Crippen LogP contribution in [-0.2, 0) is 0 Å². The Kier molecular flexibility index (Phi) is 5.03. The van der Waals surface area contributed by atoms with E-state index in [-0.39, 0.29) is 0 Å². The Labute approximate surface area is 58.4 Å². The summed E-state index contributed by atoms with van der Waals surface area (Å²) in [5.74, 6) is 0.701. The molecule has 0 aliphatic carbocycles. The van der Waals surface area contributed by atoms with E-state index in [9.17, 15) is 0 Å². The molecule has 0 saturated carbocycles. The largest absolute Gasteiger partial charge is 0.410 e. The van der Waals surface area contributed by atoms with E-state index in [1.54, 1.807) is 6.92 Å². The van der Waals surface area contributed by atoms with Crippen LogP contribution >= 0.6 is 11.8 Å². The average Bonchev–Trinajstić information content (AvgIpc) is 1.89. The van der Waals surface area contributed by atoms with E-state index in [1.165, 1.54) is 11.8 Å². The Hall–Kier alpha value is -0.690. The molecule has 0 aromatic heterocycles. The van der Waals surface area contributed by atoms with Gasteiger partial charge in [-0.3, -0.25) is 0 Å². The van der Waals surface area contributed by atoms with Crippen LogP contribution in [0, 0.1) is 11.3 Å². The van der Waals surface area contributed by atoms with Crippen LogP contribution in [-0.4, -0.2) is 16.0 Å². The van der Waals surface area contributed by atoms with Crippen molar-refractivity contribution in [1.29, 1.82) is 5.26 Å². The summed E-state index contributed by atoms with van der Waals surface area (Å²) in [6.45, 7) is 1.70. The van der Waals surface area contributed by atoms with E-state index in [0.717, 1.165) is 0 Å². The van der Waals surface area contributed by atoms with Crippen molar-refractivity contribution in [2.24, 2.45) is 5.16 Å². The summed E-state index contributed by atoms with van der Waals surface area (Å²) in [7, 11) is 0. The molecule has 0 unspecified atom stereocenters. The molecule has 0 aliphatic rings. The molecule has 1 N–H and O–H groups in total. The fraction of sp³-hybridized carbons (Fsp3) is 0.600. The third-order valence-electron chi connectivity index (χ3n) is 0.666. The SMILES string of the molecule is C/C(=N/O)SCCC#N. The Morgan fingerprint density at radius 3 is 3.00 bits per heavy atom. The van der Waals surface area contributed by atoms with Gasteiger partial charge in [0, 0.05) is 12.2 Å². The Morgan fingerprint density at radius 2 is 2.56 bits per heavy atom. The number of hydrogen-bond acceptors (Lipinski definition) is 4. The number of hydrogen-bond donors (Lipinski definition) is 1. The Morgan fingerprint density at radius 1 is 1.89 bits per heavy atom. The molecule has 0 amide bonds. The third-order valence-corrected chi connectivity index (χ3v) is 1.57.